The van der Waals surface area contributed by atoms with Crippen LogP contribution >= 0.6 is 0 Å². The van der Waals surface area contributed by atoms with Crippen molar-refractivity contribution in [2.45, 2.75) is 0 Å². The zero-order valence-electron chi connectivity index (χ0n) is 10.9. The van der Waals surface area contributed by atoms with E-state index in [4.69, 9.17) is 0 Å². The van der Waals surface area contributed by atoms with Crippen LogP contribution in [0.15, 0.2) is 79.3 Å². The fourth-order valence-corrected chi connectivity index (χ4v) is 2.57. The SMILES string of the molecule is c1ccc2c[n+](-c3nccc4ccccc34)ccc2c1. The molecule has 94 valence electrons. The largest absolute Gasteiger partial charge is 0.335 e. The Morgan fingerprint density at radius 1 is 0.700 bits per heavy atom. The van der Waals surface area contributed by atoms with Gasteiger partial charge >= 0.3 is 5.82 Å². The molecule has 0 atom stereocenters. The van der Waals surface area contributed by atoms with Crippen molar-refractivity contribution in [2.75, 3.05) is 0 Å². The zero-order valence-corrected chi connectivity index (χ0v) is 10.9. The summed E-state index contributed by atoms with van der Waals surface area (Å²) in [5.41, 5.74) is 0. The Kier molecular flexibility index (Phi) is 2.46. The highest BCUT2D eigenvalue weighted by Crippen LogP contribution is 2.17. The lowest BCUT2D eigenvalue weighted by atomic mass is 10.1. The van der Waals surface area contributed by atoms with Crippen molar-refractivity contribution in [3.63, 3.8) is 0 Å². The molecular formula is C18H13N2+. The first-order valence-corrected chi connectivity index (χ1v) is 6.66. The molecule has 0 radical (unpaired) electrons. The number of hydrogen-bond acceptors (Lipinski definition) is 1. The van der Waals surface area contributed by atoms with Crippen LogP contribution in [0.1, 0.15) is 0 Å². The third-order valence-electron chi connectivity index (χ3n) is 3.59. The van der Waals surface area contributed by atoms with E-state index in [1.165, 1.54) is 16.2 Å². The lowest BCUT2D eigenvalue weighted by Crippen LogP contribution is -2.31. The van der Waals surface area contributed by atoms with Crippen molar-refractivity contribution in [3.05, 3.63) is 79.3 Å². The standard InChI is InChI=1S/C18H13N2/c1-2-7-16-13-20(12-10-14(16)5-1)18-17-8-4-3-6-15(17)9-11-19-18/h1-13H/q+1. The molecule has 0 amide bonds. The Morgan fingerprint density at radius 2 is 1.45 bits per heavy atom. The second-order valence-corrected chi connectivity index (χ2v) is 4.84. The van der Waals surface area contributed by atoms with Crippen LogP contribution in [0, 0.1) is 0 Å². The molecule has 0 aliphatic heterocycles. The fourth-order valence-electron chi connectivity index (χ4n) is 2.57. The zero-order chi connectivity index (χ0) is 13.4. The topological polar surface area (TPSA) is 16.8 Å². The predicted octanol–water partition coefficient (Wildman–Crippen LogP) is 3.66. The molecule has 0 fully saturated rings. The van der Waals surface area contributed by atoms with Crippen molar-refractivity contribution in [3.8, 4) is 5.82 Å². The molecule has 2 nitrogen and oxygen atoms in total. The Labute approximate surface area is 117 Å². The molecule has 4 rings (SSSR count). The van der Waals surface area contributed by atoms with Gasteiger partial charge in [-0.1, -0.05) is 42.5 Å². The van der Waals surface area contributed by atoms with Crippen LogP contribution in [-0.2, 0) is 0 Å². The maximum Gasteiger partial charge on any atom is 0.335 e. The summed E-state index contributed by atoms with van der Waals surface area (Å²) in [6.45, 7) is 0. The summed E-state index contributed by atoms with van der Waals surface area (Å²) >= 11 is 0. The maximum atomic E-state index is 4.55. The first kappa shape index (κ1) is 11.1. The van der Waals surface area contributed by atoms with Crippen LogP contribution in [0.25, 0.3) is 27.4 Å². The molecule has 2 aromatic heterocycles. The van der Waals surface area contributed by atoms with Crippen molar-refractivity contribution in [2.24, 2.45) is 0 Å². The van der Waals surface area contributed by atoms with E-state index in [2.05, 4.69) is 76.5 Å². The highest BCUT2D eigenvalue weighted by Gasteiger charge is 2.12. The molecule has 0 spiro atoms. The number of hydrogen-bond donors (Lipinski definition) is 0. The third kappa shape index (κ3) is 1.74. The fraction of sp³-hybridized carbons (Fsp3) is 0. The van der Waals surface area contributed by atoms with Gasteiger partial charge in [-0.15, -0.1) is 0 Å². The van der Waals surface area contributed by atoms with E-state index in [1.54, 1.807) is 0 Å². The molecule has 0 aliphatic carbocycles. The maximum absolute atomic E-state index is 4.55. The molecule has 0 aliphatic rings. The van der Waals surface area contributed by atoms with Gasteiger partial charge in [0, 0.05) is 5.39 Å². The molecule has 0 saturated heterocycles. The number of rotatable bonds is 1. The van der Waals surface area contributed by atoms with E-state index >= 15 is 0 Å². The van der Waals surface area contributed by atoms with Crippen LogP contribution in [0.3, 0.4) is 0 Å². The van der Waals surface area contributed by atoms with Crippen molar-refractivity contribution >= 4 is 21.5 Å². The van der Waals surface area contributed by atoms with E-state index < -0.39 is 0 Å². The lowest BCUT2D eigenvalue weighted by Gasteiger charge is -2.02. The summed E-state index contributed by atoms with van der Waals surface area (Å²) in [5.74, 6) is 0.967. The summed E-state index contributed by atoms with van der Waals surface area (Å²) in [5, 5.41) is 4.82. The second-order valence-electron chi connectivity index (χ2n) is 4.84. The minimum atomic E-state index is 0.967. The summed E-state index contributed by atoms with van der Waals surface area (Å²) < 4.78 is 2.09. The molecule has 2 aromatic carbocycles. The van der Waals surface area contributed by atoms with Gasteiger partial charge in [0.1, 0.15) is 12.4 Å². The van der Waals surface area contributed by atoms with E-state index in [0.29, 0.717) is 0 Å². The van der Waals surface area contributed by atoms with E-state index in [1.807, 2.05) is 12.3 Å². The number of nitrogens with zero attached hydrogens (tertiary/aromatic N) is 2. The van der Waals surface area contributed by atoms with E-state index in [0.717, 1.165) is 11.2 Å². The minimum absolute atomic E-state index is 0.967. The summed E-state index contributed by atoms with van der Waals surface area (Å²) in [6, 6.07) is 20.9. The molecule has 2 heteroatoms. The van der Waals surface area contributed by atoms with Crippen LogP contribution in [0.2, 0.25) is 0 Å². The molecular weight excluding hydrogens is 244 g/mol. The van der Waals surface area contributed by atoms with Crippen LogP contribution in [0.4, 0.5) is 0 Å². The summed E-state index contributed by atoms with van der Waals surface area (Å²) in [7, 11) is 0. The van der Waals surface area contributed by atoms with Gasteiger partial charge in [-0.3, -0.25) is 0 Å². The molecule has 2 heterocycles. The van der Waals surface area contributed by atoms with Crippen LogP contribution in [-0.4, -0.2) is 4.98 Å². The van der Waals surface area contributed by atoms with Crippen molar-refractivity contribution in [1.82, 2.24) is 4.98 Å². The normalized spacial score (nSPS) is 11.0. The van der Waals surface area contributed by atoms with E-state index in [-0.39, 0.29) is 0 Å². The average molecular weight is 257 g/mol. The Morgan fingerprint density at radius 3 is 2.35 bits per heavy atom. The molecule has 0 saturated carbocycles. The molecule has 0 N–H and O–H groups in total. The Balaban J connectivity index is 2.01. The highest BCUT2D eigenvalue weighted by molar-refractivity contribution is 5.87. The van der Waals surface area contributed by atoms with Crippen LogP contribution in [0.5, 0.6) is 0 Å². The second kappa shape index (κ2) is 4.42. The van der Waals surface area contributed by atoms with Crippen molar-refractivity contribution < 1.29 is 4.57 Å². The lowest BCUT2D eigenvalue weighted by molar-refractivity contribution is -0.596. The van der Waals surface area contributed by atoms with Gasteiger partial charge < -0.3 is 0 Å². The van der Waals surface area contributed by atoms with Crippen LogP contribution < -0.4 is 4.57 Å². The first-order chi connectivity index (χ1) is 9.92. The van der Waals surface area contributed by atoms with Gasteiger partial charge in [0.25, 0.3) is 0 Å². The van der Waals surface area contributed by atoms with Gasteiger partial charge in [-0.25, -0.2) is 4.57 Å². The quantitative estimate of drug-likeness (QED) is 0.475. The van der Waals surface area contributed by atoms with Gasteiger partial charge in [-0.05, 0) is 34.0 Å². The molecule has 0 unspecified atom stereocenters. The summed E-state index contributed by atoms with van der Waals surface area (Å²) in [4.78, 5) is 4.55. The Hall–Kier alpha value is -2.74. The van der Waals surface area contributed by atoms with Crippen molar-refractivity contribution in [1.29, 1.82) is 0 Å². The number of fused-ring (bicyclic) bond motifs is 2. The highest BCUT2D eigenvalue weighted by atomic mass is 15.0. The average Bonchev–Trinajstić information content (AvgIpc) is 2.54. The Bertz CT molecular complexity index is 908. The molecule has 20 heavy (non-hydrogen) atoms. The van der Waals surface area contributed by atoms with Gasteiger partial charge in [0.15, 0.2) is 0 Å². The summed E-state index contributed by atoms with van der Waals surface area (Å²) in [6.07, 6.45) is 6.06. The van der Waals surface area contributed by atoms with Gasteiger partial charge in [0.05, 0.1) is 11.6 Å². The number of pyridine rings is 2. The molecule has 4 aromatic rings. The monoisotopic (exact) mass is 257 g/mol. The molecule has 0 bridgehead atoms. The number of aromatic nitrogens is 2. The third-order valence-corrected chi connectivity index (χ3v) is 3.59. The smallest absolute Gasteiger partial charge is 0.202 e. The van der Waals surface area contributed by atoms with Gasteiger partial charge in [0.2, 0.25) is 0 Å². The minimum Gasteiger partial charge on any atom is -0.202 e. The van der Waals surface area contributed by atoms with Gasteiger partial charge in [-0.2, -0.15) is 0 Å². The van der Waals surface area contributed by atoms with E-state index in [9.17, 15) is 0 Å². The first-order valence-electron chi connectivity index (χ1n) is 6.66. The number of benzene rings is 2. The predicted molar refractivity (Wildman–Crippen MR) is 80.8 cm³/mol.